The van der Waals surface area contributed by atoms with Crippen molar-refractivity contribution in [3.05, 3.63) is 141 Å². The first kappa shape index (κ1) is 59.0. The summed E-state index contributed by atoms with van der Waals surface area (Å²) < 4.78 is 29.4. The molecule has 5 aromatic rings. The summed E-state index contributed by atoms with van der Waals surface area (Å²) >= 11 is 3.36. The average molecular weight is 1080 g/mol. The number of hydrogen-bond donors (Lipinski definition) is 2. The Morgan fingerprint density at radius 1 is 0.595 bits per heavy atom. The van der Waals surface area contributed by atoms with E-state index in [0.29, 0.717) is 33.7 Å². The molecule has 1 fully saturated rings. The molecule has 0 aliphatic carbocycles. The topological polar surface area (TPSA) is 164 Å². The van der Waals surface area contributed by atoms with Crippen LogP contribution in [0.15, 0.2) is 108 Å². The number of carbonyl (C=O) groups is 4. The van der Waals surface area contributed by atoms with Gasteiger partial charge in [-0.1, -0.05) is 114 Å². The fraction of sp³-hybridized carbons (Fsp3) is 0.458. The van der Waals surface area contributed by atoms with Crippen LogP contribution < -0.4 is 20.8 Å². The predicted octanol–water partition coefficient (Wildman–Crippen LogP) is 10.9. The van der Waals surface area contributed by atoms with Gasteiger partial charge in [-0.05, 0) is 148 Å². The predicted molar refractivity (Wildman–Crippen MR) is 296 cm³/mol. The van der Waals surface area contributed by atoms with Crippen molar-refractivity contribution in [2.75, 3.05) is 7.11 Å². The van der Waals surface area contributed by atoms with Crippen LogP contribution in [0.25, 0.3) is 11.4 Å². The average Bonchev–Trinajstić information content (AvgIpc) is 3.53. The van der Waals surface area contributed by atoms with Gasteiger partial charge in [0.25, 0.3) is 11.8 Å². The number of nitrogens with zero attached hydrogens (tertiary/aromatic N) is 2. The van der Waals surface area contributed by atoms with Gasteiger partial charge in [0.05, 0.1) is 22.8 Å². The summed E-state index contributed by atoms with van der Waals surface area (Å²) in [7, 11) is 1.08. The number of carbonyl (C=O) groups excluding carboxylic acids is 4. The van der Waals surface area contributed by atoms with Crippen LogP contribution in [-0.2, 0) is 52.0 Å². The van der Waals surface area contributed by atoms with Crippen molar-refractivity contribution in [3.63, 3.8) is 0 Å². The Hall–Kier alpha value is -5.90. The number of hydrogen-bond acceptors (Lipinski definition) is 11. The number of esters is 2. The summed E-state index contributed by atoms with van der Waals surface area (Å²) in [5.74, 6) is -0.646. The maximum atomic E-state index is 13.1. The summed E-state index contributed by atoms with van der Waals surface area (Å²) in [6, 6.07) is 28.5. The molecule has 15 heteroatoms. The van der Waals surface area contributed by atoms with E-state index < -0.39 is 53.5 Å². The Labute approximate surface area is 447 Å². The molecule has 13 nitrogen and oxygen atoms in total. The molecule has 2 atom stereocenters. The van der Waals surface area contributed by atoms with Crippen molar-refractivity contribution in [1.29, 1.82) is 0 Å². The molecule has 1 aliphatic heterocycles. The van der Waals surface area contributed by atoms with Crippen LogP contribution in [0.3, 0.4) is 0 Å². The highest BCUT2D eigenvalue weighted by Gasteiger charge is 2.51. The van der Waals surface area contributed by atoms with E-state index >= 15 is 0 Å². The van der Waals surface area contributed by atoms with E-state index in [2.05, 4.69) is 78.1 Å². The standard InChI is InChI=1S/C30H42BNO5.C29H34BrN3O4/c1-27(2,3)22-15-13-21(14-16-22)25(33)32-24(26(34)35-28(4,5)6)19-20-11-17-23(18-12-20)31-36-29(7,8)30(9,10)37-31;1-28(2,3)21-14-12-20(13-15-21)25(34)32-23(27(35)37-29(4,5)6)16-18-8-10-19(11-9-18)24-31-17-22(30)26(33-24)36-7/h11-18,24H,19H2,1-10H3,(H,32,33);8-15,17,23H,16H2,1-7H3,(H,32,34)/t24-;23-/m00/s1. The number of methoxy groups -OCH3 is 1. The quantitative estimate of drug-likeness (QED) is 0.0852. The van der Waals surface area contributed by atoms with Gasteiger partial charge in [-0.15, -0.1) is 0 Å². The number of rotatable bonds is 13. The second kappa shape index (κ2) is 23.3. The van der Waals surface area contributed by atoms with Gasteiger partial charge in [-0.2, -0.15) is 4.98 Å². The Bertz CT molecular complexity index is 2720. The zero-order valence-electron chi connectivity index (χ0n) is 46.4. The summed E-state index contributed by atoms with van der Waals surface area (Å²) in [6.45, 7) is 31.6. The Kier molecular flexibility index (Phi) is 18.6. The smallest absolute Gasteiger partial charge is 0.480 e. The molecule has 2 heterocycles. The molecule has 1 aliphatic rings. The first-order valence-corrected chi connectivity index (χ1v) is 25.8. The number of nitrogens with one attached hydrogen (secondary N) is 2. The van der Waals surface area contributed by atoms with Crippen molar-refractivity contribution < 1.29 is 42.7 Å². The summed E-state index contributed by atoms with van der Waals surface area (Å²) in [5.41, 5.74) is 4.45. The van der Waals surface area contributed by atoms with E-state index in [9.17, 15) is 19.2 Å². The van der Waals surface area contributed by atoms with Gasteiger partial charge in [-0.3, -0.25) is 9.59 Å². The molecule has 396 valence electrons. The summed E-state index contributed by atoms with van der Waals surface area (Å²) in [5, 5.41) is 5.76. The minimum absolute atomic E-state index is 0.0136. The molecule has 1 aromatic heterocycles. The fourth-order valence-corrected chi connectivity index (χ4v) is 7.90. The molecule has 74 heavy (non-hydrogen) atoms. The van der Waals surface area contributed by atoms with Gasteiger partial charge in [0, 0.05) is 35.7 Å². The molecule has 1 saturated heterocycles. The van der Waals surface area contributed by atoms with Crippen molar-refractivity contribution >= 4 is 52.3 Å². The van der Waals surface area contributed by atoms with E-state index in [-0.39, 0.29) is 29.1 Å². The number of amides is 2. The van der Waals surface area contributed by atoms with Crippen LogP contribution in [0, 0.1) is 0 Å². The van der Waals surface area contributed by atoms with Gasteiger partial charge in [0.2, 0.25) is 5.88 Å². The van der Waals surface area contributed by atoms with E-state index in [0.717, 1.165) is 33.3 Å². The van der Waals surface area contributed by atoms with Crippen LogP contribution in [0.2, 0.25) is 0 Å². The minimum atomic E-state index is -0.858. The lowest BCUT2D eigenvalue weighted by Gasteiger charge is -2.32. The fourth-order valence-electron chi connectivity index (χ4n) is 7.54. The number of halogens is 1. The highest BCUT2D eigenvalue weighted by molar-refractivity contribution is 9.10. The largest absolute Gasteiger partial charge is 0.494 e. The zero-order chi connectivity index (χ0) is 55.2. The molecule has 0 bridgehead atoms. The lowest BCUT2D eigenvalue weighted by molar-refractivity contribution is -0.158. The molecule has 0 radical (unpaired) electrons. The molecular weight excluding hydrogens is 999 g/mol. The molecular formula is C59H76BBrN4O9. The summed E-state index contributed by atoms with van der Waals surface area (Å²) in [6.07, 6.45) is 2.20. The second-order valence-corrected chi connectivity index (χ2v) is 24.6. The van der Waals surface area contributed by atoms with Crippen LogP contribution in [0.4, 0.5) is 0 Å². The number of ether oxygens (including phenoxy) is 3. The van der Waals surface area contributed by atoms with Gasteiger partial charge in [0.15, 0.2) is 5.82 Å². The van der Waals surface area contributed by atoms with Crippen LogP contribution in [0.1, 0.15) is 154 Å². The minimum Gasteiger partial charge on any atom is -0.480 e. The van der Waals surface area contributed by atoms with Crippen LogP contribution in [-0.4, -0.2) is 82.4 Å². The lowest BCUT2D eigenvalue weighted by atomic mass is 9.78. The third kappa shape index (κ3) is 16.6. The Balaban J connectivity index is 0.000000274. The molecule has 0 unspecified atom stereocenters. The van der Waals surface area contributed by atoms with E-state index in [1.165, 1.54) is 0 Å². The first-order chi connectivity index (χ1) is 34.1. The third-order valence-electron chi connectivity index (χ3n) is 12.5. The number of aromatic nitrogens is 2. The van der Waals surface area contributed by atoms with Gasteiger partial charge >= 0.3 is 19.1 Å². The third-order valence-corrected chi connectivity index (χ3v) is 13.1. The highest BCUT2D eigenvalue weighted by Crippen LogP contribution is 2.36. The molecule has 0 spiro atoms. The van der Waals surface area contributed by atoms with Gasteiger partial charge < -0.3 is 34.2 Å². The lowest BCUT2D eigenvalue weighted by Crippen LogP contribution is -2.45. The van der Waals surface area contributed by atoms with Gasteiger partial charge in [0.1, 0.15) is 23.3 Å². The van der Waals surface area contributed by atoms with E-state index in [4.69, 9.17) is 23.5 Å². The monoisotopic (exact) mass is 1070 g/mol. The molecule has 4 aromatic carbocycles. The molecule has 0 saturated carbocycles. The normalized spacial score (nSPS) is 15.2. The van der Waals surface area contributed by atoms with E-state index in [1.807, 2.05) is 121 Å². The first-order valence-electron chi connectivity index (χ1n) is 25.0. The second-order valence-electron chi connectivity index (χ2n) is 23.8. The van der Waals surface area contributed by atoms with Crippen molar-refractivity contribution in [2.45, 2.75) is 169 Å². The van der Waals surface area contributed by atoms with Crippen molar-refractivity contribution in [3.8, 4) is 17.3 Å². The van der Waals surface area contributed by atoms with E-state index in [1.54, 1.807) is 58.3 Å². The zero-order valence-corrected chi connectivity index (χ0v) is 48.0. The molecule has 6 rings (SSSR count). The van der Waals surface area contributed by atoms with Crippen molar-refractivity contribution in [2.24, 2.45) is 0 Å². The number of benzene rings is 4. The molecule has 2 N–H and O–H groups in total. The summed E-state index contributed by atoms with van der Waals surface area (Å²) in [4.78, 5) is 61.0. The van der Waals surface area contributed by atoms with Gasteiger partial charge in [-0.25, -0.2) is 14.6 Å². The Morgan fingerprint density at radius 3 is 1.32 bits per heavy atom. The highest BCUT2D eigenvalue weighted by atomic mass is 79.9. The van der Waals surface area contributed by atoms with Crippen LogP contribution >= 0.6 is 15.9 Å². The molecule has 2 amide bonds. The Morgan fingerprint density at radius 2 is 0.973 bits per heavy atom. The maximum absolute atomic E-state index is 13.1. The SMILES string of the molecule is CC(C)(C)OC(=O)[C@H](Cc1ccc(B2OC(C)(C)C(C)(C)O2)cc1)NC(=O)c1ccc(C(C)(C)C)cc1.COc1nc(-c2ccc(C[C@H](NC(=O)c3ccc(C(C)(C)C)cc3)C(=O)OC(C)(C)C)cc2)ncc1Br. The van der Waals surface area contributed by atoms with Crippen LogP contribution in [0.5, 0.6) is 5.88 Å². The maximum Gasteiger partial charge on any atom is 0.494 e. The van der Waals surface area contributed by atoms with Crippen molar-refractivity contribution in [1.82, 2.24) is 20.6 Å².